The SMILES string of the molecule is O=C(C1OC=NN1c1ccccc1)C1OC=NN1c1ccccc1. The second kappa shape index (κ2) is 6.04. The number of carbonyl (C=O) groups is 1. The molecule has 2 aliphatic heterocycles. The highest BCUT2D eigenvalue weighted by Gasteiger charge is 2.42. The Morgan fingerprint density at radius 3 is 1.58 bits per heavy atom. The zero-order valence-electron chi connectivity index (χ0n) is 12.6. The van der Waals surface area contributed by atoms with Crippen molar-refractivity contribution in [3.63, 3.8) is 0 Å². The molecule has 0 amide bonds. The molecule has 0 radical (unpaired) electrons. The molecular formula is C17H14N4O3. The lowest BCUT2D eigenvalue weighted by Gasteiger charge is -2.26. The van der Waals surface area contributed by atoms with E-state index in [2.05, 4.69) is 10.2 Å². The molecule has 2 aromatic rings. The molecule has 0 spiro atoms. The number of ketones is 1. The molecule has 0 saturated heterocycles. The molecule has 7 heteroatoms. The Hall–Kier alpha value is -3.35. The zero-order chi connectivity index (χ0) is 16.4. The van der Waals surface area contributed by atoms with Crippen LogP contribution in [0.3, 0.4) is 0 Å². The fraction of sp³-hybridized carbons (Fsp3) is 0.118. The van der Waals surface area contributed by atoms with Crippen LogP contribution < -0.4 is 10.0 Å². The van der Waals surface area contributed by atoms with Crippen molar-refractivity contribution in [2.45, 2.75) is 12.5 Å². The van der Waals surface area contributed by atoms with Gasteiger partial charge in [-0.15, -0.1) is 10.2 Å². The number of hydrogen-bond acceptors (Lipinski definition) is 7. The molecule has 2 unspecified atom stereocenters. The van der Waals surface area contributed by atoms with E-state index < -0.39 is 12.5 Å². The molecule has 0 aromatic heterocycles. The minimum Gasteiger partial charge on any atom is -0.449 e. The summed E-state index contributed by atoms with van der Waals surface area (Å²) in [4.78, 5) is 12.9. The van der Waals surface area contributed by atoms with Crippen LogP contribution in [-0.4, -0.2) is 31.0 Å². The summed E-state index contributed by atoms with van der Waals surface area (Å²) in [6, 6.07) is 18.7. The van der Waals surface area contributed by atoms with Gasteiger partial charge in [0.1, 0.15) is 0 Å². The minimum absolute atomic E-state index is 0.294. The van der Waals surface area contributed by atoms with E-state index in [1.54, 1.807) is 0 Å². The van der Waals surface area contributed by atoms with E-state index in [0.29, 0.717) is 0 Å². The predicted molar refractivity (Wildman–Crippen MR) is 89.6 cm³/mol. The molecule has 0 saturated carbocycles. The quantitative estimate of drug-likeness (QED) is 0.863. The van der Waals surface area contributed by atoms with Crippen LogP contribution in [0.1, 0.15) is 0 Å². The summed E-state index contributed by atoms with van der Waals surface area (Å²) in [5.41, 5.74) is 1.52. The maximum Gasteiger partial charge on any atom is 0.259 e. The number of rotatable bonds is 4. The molecule has 4 rings (SSSR count). The average molecular weight is 322 g/mol. The lowest BCUT2D eigenvalue weighted by Crippen LogP contribution is -2.47. The number of Topliss-reactive ketones (excluding diaryl/α,β-unsaturated/α-hetero) is 1. The first-order valence-electron chi connectivity index (χ1n) is 7.43. The maximum absolute atomic E-state index is 12.9. The van der Waals surface area contributed by atoms with Gasteiger partial charge in [0.15, 0.2) is 12.8 Å². The fourth-order valence-corrected chi connectivity index (χ4v) is 2.57. The van der Waals surface area contributed by atoms with Gasteiger partial charge in [-0.05, 0) is 24.3 Å². The maximum atomic E-state index is 12.9. The van der Waals surface area contributed by atoms with Crippen LogP contribution in [0.2, 0.25) is 0 Å². The van der Waals surface area contributed by atoms with Crippen molar-refractivity contribution < 1.29 is 14.3 Å². The van der Waals surface area contributed by atoms with E-state index in [-0.39, 0.29) is 5.78 Å². The number of para-hydroxylation sites is 2. The number of anilines is 2. The van der Waals surface area contributed by atoms with E-state index in [0.717, 1.165) is 11.4 Å². The predicted octanol–water partition coefficient (Wildman–Crippen LogP) is 2.17. The van der Waals surface area contributed by atoms with Crippen LogP contribution >= 0.6 is 0 Å². The number of carbonyl (C=O) groups excluding carboxylic acids is 1. The van der Waals surface area contributed by atoms with Gasteiger partial charge in [-0.3, -0.25) is 4.79 Å². The van der Waals surface area contributed by atoms with Crippen molar-refractivity contribution in [3.05, 3.63) is 60.7 Å². The molecule has 2 atom stereocenters. The van der Waals surface area contributed by atoms with Gasteiger partial charge in [0.2, 0.25) is 0 Å². The number of ether oxygens (including phenoxy) is 2. The average Bonchev–Trinajstić information content (AvgIpc) is 3.32. The van der Waals surface area contributed by atoms with Gasteiger partial charge < -0.3 is 9.47 Å². The van der Waals surface area contributed by atoms with Gasteiger partial charge >= 0.3 is 0 Å². The molecule has 0 bridgehead atoms. The van der Waals surface area contributed by atoms with Crippen molar-refractivity contribution in [3.8, 4) is 0 Å². The number of hydrogen-bond donors (Lipinski definition) is 0. The highest BCUT2D eigenvalue weighted by Crippen LogP contribution is 2.26. The van der Waals surface area contributed by atoms with Gasteiger partial charge in [0.05, 0.1) is 11.4 Å². The Morgan fingerprint density at radius 2 is 1.17 bits per heavy atom. The third kappa shape index (κ3) is 2.45. The summed E-state index contributed by atoms with van der Waals surface area (Å²) >= 11 is 0. The molecule has 2 heterocycles. The largest absolute Gasteiger partial charge is 0.449 e. The highest BCUT2D eigenvalue weighted by molar-refractivity contribution is 5.95. The van der Waals surface area contributed by atoms with Crippen LogP contribution in [0, 0.1) is 0 Å². The van der Waals surface area contributed by atoms with E-state index in [1.807, 2.05) is 60.7 Å². The van der Waals surface area contributed by atoms with Crippen LogP contribution in [-0.2, 0) is 14.3 Å². The van der Waals surface area contributed by atoms with Crippen molar-refractivity contribution in [1.82, 2.24) is 0 Å². The Morgan fingerprint density at radius 1 is 0.750 bits per heavy atom. The summed E-state index contributed by atoms with van der Waals surface area (Å²) in [6.07, 6.45) is 0.729. The van der Waals surface area contributed by atoms with Crippen LogP contribution in [0.5, 0.6) is 0 Å². The first-order valence-corrected chi connectivity index (χ1v) is 7.43. The van der Waals surface area contributed by atoms with Crippen LogP contribution in [0.25, 0.3) is 0 Å². The summed E-state index contributed by atoms with van der Waals surface area (Å²) < 4.78 is 10.8. The van der Waals surface area contributed by atoms with E-state index >= 15 is 0 Å². The van der Waals surface area contributed by atoms with E-state index in [9.17, 15) is 4.79 Å². The zero-order valence-corrected chi connectivity index (χ0v) is 12.6. The van der Waals surface area contributed by atoms with Crippen molar-refractivity contribution in [2.75, 3.05) is 10.0 Å². The van der Waals surface area contributed by atoms with Gasteiger partial charge in [-0.1, -0.05) is 36.4 Å². The van der Waals surface area contributed by atoms with Crippen LogP contribution in [0.4, 0.5) is 11.4 Å². The molecule has 2 aromatic carbocycles. The van der Waals surface area contributed by atoms with Gasteiger partial charge in [-0.2, -0.15) is 0 Å². The molecule has 24 heavy (non-hydrogen) atoms. The smallest absolute Gasteiger partial charge is 0.259 e. The summed E-state index contributed by atoms with van der Waals surface area (Å²) in [5, 5.41) is 11.3. The first kappa shape index (κ1) is 14.3. The van der Waals surface area contributed by atoms with E-state index in [1.165, 1.54) is 22.8 Å². The third-order valence-electron chi connectivity index (χ3n) is 3.70. The second-order valence-electron chi connectivity index (χ2n) is 5.18. The molecule has 0 fully saturated rings. The van der Waals surface area contributed by atoms with Crippen molar-refractivity contribution in [1.29, 1.82) is 0 Å². The number of nitrogens with zero attached hydrogens (tertiary/aromatic N) is 4. The van der Waals surface area contributed by atoms with E-state index in [4.69, 9.17) is 9.47 Å². The van der Waals surface area contributed by atoms with Gasteiger partial charge in [0, 0.05) is 0 Å². The van der Waals surface area contributed by atoms with Gasteiger partial charge in [0.25, 0.3) is 18.2 Å². The molecule has 0 aliphatic carbocycles. The summed E-state index contributed by atoms with van der Waals surface area (Å²) in [6.45, 7) is 0. The Bertz CT molecular complexity index is 713. The third-order valence-corrected chi connectivity index (χ3v) is 3.70. The monoisotopic (exact) mass is 322 g/mol. The number of benzene rings is 2. The lowest BCUT2D eigenvalue weighted by molar-refractivity contribution is -0.132. The van der Waals surface area contributed by atoms with Crippen LogP contribution in [0.15, 0.2) is 70.9 Å². The highest BCUT2D eigenvalue weighted by atomic mass is 16.5. The lowest BCUT2D eigenvalue weighted by atomic mass is 10.2. The molecule has 120 valence electrons. The second-order valence-corrected chi connectivity index (χ2v) is 5.18. The molecular weight excluding hydrogens is 308 g/mol. The fourth-order valence-electron chi connectivity index (χ4n) is 2.57. The normalized spacial score (nSPS) is 21.7. The Labute approximate surface area is 138 Å². The minimum atomic E-state index is -0.898. The van der Waals surface area contributed by atoms with Gasteiger partial charge in [-0.25, -0.2) is 10.0 Å². The molecule has 2 aliphatic rings. The first-order chi connectivity index (χ1) is 11.8. The van der Waals surface area contributed by atoms with Crippen molar-refractivity contribution in [2.24, 2.45) is 10.2 Å². The molecule has 0 N–H and O–H groups in total. The Kier molecular flexibility index (Phi) is 3.59. The summed E-state index contributed by atoms with van der Waals surface area (Å²) in [7, 11) is 0. The van der Waals surface area contributed by atoms with Crippen molar-refractivity contribution >= 4 is 30.0 Å². The molecule has 7 nitrogen and oxygen atoms in total. The standard InChI is InChI=1S/C17H14N4O3/c22-15(16-20(18-11-23-16)13-7-3-1-4-8-13)17-21(19-12-24-17)14-9-5-2-6-10-14/h1-12,16-17H. The Balaban J connectivity index is 1.57. The number of hydrazone groups is 2. The summed E-state index contributed by atoms with van der Waals surface area (Å²) in [5.74, 6) is -0.294. The topological polar surface area (TPSA) is 66.7 Å².